The normalized spacial score (nSPS) is 43.4. The third kappa shape index (κ3) is 5.39. The topological polar surface area (TPSA) is 120 Å². The molecule has 2 heterocycles. The molecule has 11 heteroatoms. The maximum Gasteiger partial charge on any atom is 0.306 e. The zero-order valence-corrected chi connectivity index (χ0v) is 26.5. The fourth-order valence-corrected chi connectivity index (χ4v) is 8.13. The average molecular weight is 610 g/mol. The van der Waals surface area contributed by atoms with Crippen LogP contribution >= 0.6 is 24.8 Å². The third-order valence-corrected chi connectivity index (χ3v) is 10.5. The van der Waals surface area contributed by atoms with E-state index in [1.54, 1.807) is 13.8 Å². The molecule has 4 rings (SSSR count). The van der Waals surface area contributed by atoms with Crippen LogP contribution in [0.2, 0.25) is 0 Å². The van der Waals surface area contributed by atoms with Crippen molar-refractivity contribution in [3.8, 4) is 0 Å². The average Bonchev–Trinajstić information content (AvgIpc) is 2.84. The Balaban J connectivity index is 0.00000280. The predicted octanol–water partition coefficient (Wildman–Crippen LogP) is 2.37. The molecule has 232 valence electrons. The van der Waals surface area contributed by atoms with E-state index >= 15 is 0 Å². The van der Waals surface area contributed by atoms with E-state index in [1.165, 1.54) is 13.0 Å². The molecule has 4 fully saturated rings. The van der Waals surface area contributed by atoms with Crippen LogP contribution in [0.5, 0.6) is 0 Å². The summed E-state index contributed by atoms with van der Waals surface area (Å²) in [5, 5.41) is 35.7. The van der Waals surface area contributed by atoms with Crippen LogP contribution in [0.25, 0.3) is 0 Å². The zero-order valence-electron chi connectivity index (χ0n) is 24.9. The summed E-state index contributed by atoms with van der Waals surface area (Å²) in [4.78, 5) is 31.6. The summed E-state index contributed by atoms with van der Waals surface area (Å²) in [6.07, 6.45) is -0.504. The van der Waals surface area contributed by atoms with Gasteiger partial charge < -0.3 is 34.6 Å². The van der Waals surface area contributed by atoms with Gasteiger partial charge in [0.05, 0.1) is 11.7 Å². The lowest BCUT2D eigenvalue weighted by Gasteiger charge is -2.71. The van der Waals surface area contributed by atoms with Crippen molar-refractivity contribution in [1.82, 2.24) is 9.80 Å². The van der Waals surface area contributed by atoms with Crippen molar-refractivity contribution in [2.45, 2.75) is 102 Å². The molecule has 0 unspecified atom stereocenters. The molecule has 8 atom stereocenters. The van der Waals surface area contributed by atoms with Gasteiger partial charge in [-0.3, -0.25) is 9.59 Å². The number of carbonyl (C=O) groups is 2. The largest absolute Gasteiger partial charge is 0.459 e. The van der Waals surface area contributed by atoms with Crippen LogP contribution in [0.15, 0.2) is 12.7 Å². The van der Waals surface area contributed by atoms with Crippen LogP contribution in [0, 0.1) is 16.7 Å². The molecule has 3 N–H and O–H groups in total. The van der Waals surface area contributed by atoms with Crippen molar-refractivity contribution in [2.75, 3.05) is 39.8 Å². The highest BCUT2D eigenvalue weighted by molar-refractivity contribution is 5.92. The Bertz CT molecular complexity index is 961. The number of nitrogens with zero attached hydrogens (tertiary/aromatic N) is 2. The molecular weight excluding hydrogens is 559 g/mol. The van der Waals surface area contributed by atoms with Crippen molar-refractivity contribution in [2.24, 2.45) is 16.7 Å². The van der Waals surface area contributed by atoms with Crippen LogP contribution in [0.3, 0.4) is 0 Å². The summed E-state index contributed by atoms with van der Waals surface area (Å²) in [5.41, 5.74) is -7.14. The molecule has 0 amide bonds. The number of hydrogen-bond donors (Lipinski definition) is 3. The van der Waals surface area contributed by atoms with Gasteiger partial charge in [-0.1, -0.05) is 26.8 Å². The second kappa shape index (κ2) is 12.1. The maximum atomic E-state index is 13.8. The molecule has 4 aliphatic rings. The first-order valence-electron chi connectivity index (χ1n) is 14.1. The van der Waals surface area contributed by atoms with Gasteiger partial charge in [0, 0.05) is 50.4 Å². The van der Waals surface area contributed by atoms with Crippen molar-refractivity contribution in [3.05, 3.63) is 12.7 Å². The molecule has 0 radical (unpaired) electrons. The van der Waals surface area contributed by atoms with Crippen LogP contribution < -0.4 is 0 Å². The highest BCUT2D eigenvalue weighted by Crippen LogP contribution is 2.67. The van der Waals surface area contributed by atoms with E-state index in [0.717, 1.165) is 32.7 Å². The maximum absolute atomic E-state index is 13.8. The van der Waals surface area contributed by atoms with Gasteiger partial charge in [0.25, 0.3) is 0 Å². The lowest BCUT2D eigenvalue weighted by Crippen LogP contribution is -2.86. The molecule has 9 nitrogen and oxygen atoms in total. The summed E-state index contributed by atoms with van der Waals surface area (Å²) < 4.78 is 12.4. The van der Waals surface area contributed by atoms with Crippen molar-refractivity contribution < 1.29 is 34.4 Å². The number of piperazine rings is 1. The number of likely N-dealkylation sites (N-methyl/N-ethyl adjacent to an activating group) is 1. The van der Waals surface area contributed by atoms with E-state index in [1.807, 2.05) is 13.8 Å². The Labute approximate surface area is 251 Å². The molecule has 2 aliphatic carbocycles. The lowest BCUT2D eigenvalue weighted by molar-refractivity contribution is -0.370. The van der Waals surface area contributed by atoms with Crippen molar-refractivity contribution in [3.63, 3.8) is 0 Å². The van der Waals surface area contributed by atoms with Crippen molar-refractivity contribution in [1.29, 1.82) is 0 Å². The van der Waals surface area contributed by atoms with Crippen LogP contribution in [-0.2, 0) is 19.1 Å². The Hall–Kier alpha value is -0.780. The number of rotatable bonds is 6. The number of halogens is 2. The first-order chi connectivity index (χ1) is 17.6. The molecule has 0 bridgehead atoms. The van der Waals surface area contributed by atoms with Gasteiger partial charge in [-0.15, -0.1) is 31.4 Å². The van der Waals surface area contributed by atoms with Gasteiger partial charge in [0.15, 0.2) is 11.4 Å². The van der Waals surface area contributed by atoms with E-state index in [9.17, 15) is 24.9 Å². The highest BCUT2D eigenvalue weighted by Gasteiger charge is 2.81. The Morgan fingerprint density at radius 3 is 2.30 bits per heavy atom. The molecular formula is C29H50Cl2N2O7. The number of fused-ring (bicyclic) bond motifs is 3. The van der Waals surface area contributed by atoms with Gasteiger partial charge in [0.2, 0.25) is 0 Å². The summed E-state index contributed by atoms with van der Waals surface area (Å²) in [6, 6.07) is 0. The van der Waals surface area contributed by atoms with E-state index in [0.29, 0.717) is 19.3 Å². The van der Waals surface area contributed by atoms with Gasteiger partial charge in [-0.25, -0.2) is 0 Å². The van der Waals surface area contributed by atoms with Crippen LogP contribution in [-0.4, -0.2) is 112 Å². The number of ether oxygens (including phenoxy) is 2. The fourth-order valence-electron chi connectivity index (χ4n) is 8.13. The Kier molecular flexibility index (Phi) is 10.7. The summed E-state index contributed by atoms with van der Waals surface area (Å²) in [6.45, 7) is 17.4. The molecule has 0 aromatic carbocycles. The first-order valence-corrected chi connectivity index (χ1v) is 14.1. The van der Waals surface area contributed by atoms with E-state index in [-0.39, 0.29) is 37.7 Å². The smallest absolute Gasteiger partial charge is 0.306 e. The molecule has 0 spiro atoms. The minimum atomic E-state index is -2.20. The molecule has 0 aromatic heterocycles. The number of aliphatic hydroxyl groups excluding tert-OH is 2. The molecule has 2 saturated heterocycles. The molecule has 0 aromatic rings. The number of hydrogen-bond acceptors (Lipinski definition) is 9. The second-order valence-corrected chi connectivity index (χ2v) is 13.5. The number of carbonyl (C=O) groups excluding carboxylic acids is 2. The standard InChI is InChI=1S/C29H48N2O7.2ClH/c1-8-26(4)18-20(33)29(36)27(5)19(32)11-12-25(2,3)23(27)22(24(35)28(29,6)38-26)37-21(34)10-9-13-31-16-14-30(7)15-17-31;;/h8,19,22-24,32,35-36H,1,9-18H2,2-7H3;2*1H/t19-,22-,23-,24-,26+,27-,28+,29-;;/m1../s1. The quantitative estimate of drug-likeness (QED) is 0.308. The highest BCUT2D eigenvalue weighted by atomic mass is 35.5. The van der Waals surface area contributed by atoms with E-state index < -0.39 is 63.6 Å². The van der Waals surface area contributed by atoms with Crippen LogP contribution in [0.4, 0.5) is 0 Å². The summed E-state index contributed by atoms with van der Waals surface area (Å²) in [5.74, 6) is -1.63. The number of esters is 1. The zero-order chi connectivity index (χ0) is 28.3. The van der Waals surface area contributed by atoms with Crippen molar-refractivity contribution >= 4 is 36.6 Å². The summed E-state index contributed by atoms with van der Waals surface area (Å²) >= 11 is 0. The fraction of sp³-hybridized carbons (Fsp3) is 0.862. The van der Waals surface area contributed by atoms with Crippen LogP contribution in [0.1, 0.15) is 66.7 Å². The third-order valence-electron chi connectivity index (χ3n) is 10.5. The molecule has 2 saturated carbocycles. The van der Waals surface area contributed by atoms with E-state index in [4.69, 9.17) is 9.47 Å². The number of Topliss-reactive ketones (excluding diaryl/α,β-unsaturated/α-hetero) is 1. The van der Waals surface area contributed by atoms with E-state index in [2.05, 4.69) is 23.4 Å². The van der Waals surface area contributed by atoms with Gasteiger partial charge in [0.1, 0.15) is 17.8 Å². The van der Waals surface area contributed by atoms with Gasteiger partial charge in [-0.05, 0) is 52.1 Å². The number of ketones is 1. The number of aliphatic hydroxyl groups is 3. The Morgan fingerprint density at radius 2 is 1.73 bits per heavy atom. The second-order valence-electron chi connectivity index (χ2n) is 13.5. The Morgan fingerprint density at radius 1 is 1.12 bits per heavy atom. The molecule has 2 aliphatic heterocycles. The molecule has 40 heavy (non-hydrogen) atoms. The minimum absolute atomic E-state index is 0. The van der Waals surface area contributed by atoms with Gasteiger partial charge in [-0.2, -0.15) is 0 Å². The SMILES string of the molecule is C=C[C@@]1(C)CC(=O)[C@@]2(O)[C@]3(C)[C@H](O)CCC(C)(C)[C@H]3[C@@H](OC(=O)CCCN3CCN(C)CC3)[C@@H](O)[C@]2(C)O1.Cl.Cl. The minimum Gasteiger partial charge on any atom is -0.459 e. The predicted molar refractivity (Wildman–Crippen MR) is 157 cm³/mol. The first kappa shape index (κ1) is 35.4. The lowest BCUT2D eigenvalue weighted by atomic mass is 9.40. The summed E-state index contributed by atoms with van der Waals surface area (Å²) in [7, 11) is 2.10. The monoisotopic (exact) mass is 608 g/mol. The van der Waals surface area contributed by atoms with Gasteiger partial charge >= 0.3 is 5.97 Å².